The lowest BCUT2D eigenvalue weighted by Gasteiger charge is -2.18. The fourth-order valence-electron chi connectivity index (χ4n) is 2.50. The van der Waals surface area contributed by atoms with Crippen molar-refractivity contribution in [2.75, 3.05) is 11.4 Å². The van der Waals surface area contributed by atoms with Crippen LogP contribution in [0.2, 0.25) is 0 Å². The summed E-state index contributed by atoms with van der Waals surface area (Å²) in [6, 6.07) is 7.12. The van der Waals surface area contributed by atoms with Gasteiger partial charge in [-0.25, -0.2) is 4.90 Å². The molecule has 0 bridgehead atoms. The maximum Gasteiger partial charge on any atom is 0.500 e. The van der Waals surface area contributed by atoms with E-state index in [9.17, 15) is 18.0 Å². The third-order valence-electron chi connectivity index (χ3n) is 3.56. The van der Waals surface area contributed by atoms with Crippen LogP contribution in [0.15, 0.2) is 36.6 Å². The minimum absolute atomic E-state index is 0.00475. The van der Waals surface area contributed by atoms with E-state index in [-0.39, 0.29) is 35.0 Å². The van der Waals surface area contributed by atoms with E-state index < -0.39 is 15.6 Å². The van der Waals surface area contributed by atoms with E-state index in [1.54, 1.807) is 6.07 Å². The van der Waals surface area contributed by atoms with Gasteiger partial charge in [-0.1, -0.05) is 13.0 Å². The quantitative estimate of drug-likeness (QED) is 0.272. The topological polar surface area (TPSA) is 126 Å². The van der Waals surface area contributed by atoms with Crippen molar-refractivity contribution >= 4 is 39.7 Å². The Labute approximate surface area is 167 Å². The molecule has 0 aromatic heterocycles. The number of anilines is 1. The van der Waals surface area contributed by atoms with Crippen LogP contribution in [0, 0.1) is 11.3 Å². The molecule has 0 saturated carbocycles. The summed E-state index contributed by atoms with van der Waals surface area (Å²) in [5.74, 6) is -0.882. The number of imide groups is 1. The maximum absolute atomic E-state index is 12.7. The van der Waals surface area contributed by atoms with Gasteiger partial charge in [0.2, 0.25) is 11.8 Å². The van der Waals surface area contributed by atoms with Crippen LogP contribution in [0.5, 0.6) is 5.75 Å². The van der Waals surface area contributed by atoms with Crippen LogP contribution in [0.1, 0.15) is 20.3 Å². The zero-order valence-corrected chi connectivity index (χ0v) is 16.8. The Balaban J connectivity index is 2.15. The average molecular weight is 425 g/mol. The van der Waals surface area contributed by atoms with Crippen LogP contribution in [-0.2, 0) is 24.2 Å². The molecule has 1 saturated heterocycles. The summed E-state index contributed by atoms with van der Waals surface area (Å²) in [6.45, 7) is 4.60. The lowest BCUT2D eigenvalue weighted by molar-refractivity contribution is -0.121. The first-order chi connectivity index (χ1) is 13.3. The Kier molecular flexibility index (Phi) is 7.45. The molecule has 2 amide bonds. The SMILES string of the molecule is CCNC(C)SC1CC(=O)N(c2cccc(OS(=O)(=O)O/C=C/C#N)c2)C1=O. The number of benzene rings is 1. The van der Waals surface area contributed by atoms with Crippen LogP contribution in [0.3, 0.4) is 0 Å². The van der Waals surface area contributed by atoms with E-state index >= 15 is 0 Å². The highest BCUT2D eigenvalue weighted by atomic mass is 32.3. The monoisotopic (exact) mass is 425 g/mol. The van der Waals surface area contributed by atoms with Crippen molar-refractivity contribution in [2.24, 2.45) is 0 Å². The molecule has 2 unspecified atom stereocenters. The molecule has 2 atom stereocenters. The second-order valence-corrected chi connectivity index (χ2v) is 8.34. The number of carbonyl (C=O) groups is 2. The van der Waals surface area contributed by atoms with Gasteiger partial charge in [-0.2, -0.15) is 5.26 Å². The van der Waals surface area contributed by atoms with Gasteiger partial charge in [0.05, 0.1) is 28.5 Å². The molecule has 1 aliphatic heterocycles. The molecule has 11 heteroatoms. The molecule has 1 aromatic rings. The molecule has 0 aliphatic carbocycles. The van der Waals surface area contributed by atoms with E-state index in [2.05, 4.69) is 9.50 Å². The maximum atomic E-state index is 12.7. The number of thioether (sulfide) groups is 1. The smallest absolute Gasteiger partial charge is 0.360 e. The number of nitrogens with one attached hydrogen (secondary N) is 1. The first-order valence-corrected chi connectivity index (χ1v) is 10.6. The number of nitrogens with zero attached hydrogens (tertiary/aromatic N) is 2. The van der Waals surface area contributed by atoms with Crippen molar-refractivity contribution in [3.63, 3.8) is 0 Å². The summed E-state index contributed by atoms with van der Waals surface area (Å²) in [4.78, 5) is 26.0. The Morgan fingerprint density at radius 3 is 2.89 bits per heavy atom. The summed E-state index contributed by atoms with van der Waals surface area (Å²) in [6.07, 6.45) is 1.55. The zero-order valence-electron chi connectivity index (χ0n) is 15.2. The van der Waals surface area contributed by atoms with Crippen molar-refractivity contribution in [1.29, 1.82) is 5.26 Å². The summed E-state index contributed by atoms with van der Waals surface area (Å²) in [5, 5.41) is 11.0. The number of carbonyl (C=O) groups excluding carboxylic acids is 2. The van der Waals surface area contributed by atoms with Gasteiger partial charge in [0, 0.05) is 12.5 Å². The summed E-state index contributed by atoms with van der Waals surface area (Å²) >= 11 is 1.36. The average Bonchev–Trinajstić information content (AvgIpc) is 2.88. The molecule has 2 rings (SSSR count). The van der Waals surface area contributed by atoms with E-state index in [0.717, 1.165) is 17.5 Å². The van der Waals surface area contributed by atoms with Gasteiger partial charge in [-0.05, 0) is 25.6 Å². The fourth-order valence-corrected chi connectivity index (χ4v) is 4.29. The third-order valence-corrected chi connectivity index (χ3v) is 5.57. The highest BCUT2D eigenvalue weighted by Gasteiger charge is 2.40. The van der Waals surface area contributed by atoms with E-state index in [0.29, 0.717) is 6.26 Å². The minimum atomic E-state index is -4.45. The van der Waals surface area contributed by atoms with E-state index in [1.807, 2.05) is 13.8 Å². The number of amides is 2. The standard InChI is InChI=1S/C17H19N3O6S2/c1-3-19-12(2)27-15-11-16(21)20(17(15)22)13-6-4-7-14(10-13)26-28(23,24)25-9-5-8-18/h4-7,9-10,12,15,19H,3,11H2,1-2H3/b9-5+. The predicted octanol–water partition coefficient (Wildman–Crippen LogP) is 1.68. The summed E-state index contributed by atoms with van der Waals surface area (Å²) in [5.41, 5.74) is 0.203. The first kappa shape index (κ1) is 21.7. The molecule has 0 radical (unpaired) electrons. The second-order valence-electron chi connectivity index (χ2n) is 5.61. The molecule has 1 aliphatic rings. The molecular formula is C17H19N3O6S2. The lowest BCUT2D eigenvalue weighted by atomic mass is 10.3. The van der Waals surface area contributed by atoms with Crippen LogP contribution < -0.4 is 14.4 Å². The minimum Gasteiger partial charge on any atom is -0.360 e. The normalized spacial score (nSPS) is 18.3. The highest BCUT2D eigenvalue weighted by Crippen LogP contribution is 2.32. The lowest BCUT2D eigenvalue weighted by Crippen LogP contribution is -2.33. The number of allylic oxidation sites excluding steroid dienone is 1. The Bertz CT molecular complexity index is 910. The van der Waals surface area contributed by atoms with Crippen LogP contribution in [0.25, 0.3) is 0 Å². The molecule has 1 N–H and O–H groups in total. The van der Waals surface area contributed by atoms with Crippen molar-refractivity contribution in [2.45, 2.75) is 30.9 Å². The molecule has 150 valence electrons. The van der Waals surface area contributed by atoms with Gasteiger partial charge in [0.15, 0.2) is 0 Å². The number of hydrogen-bond donors (Lipinski definition) is 1. The van der Waals surface area contributed by atoms with E-state index in [4.69, 9.17) is 9.44 Å². The van der Waals surface area contributed by atoms with E-state index in [1.165, 1.54) is 36.0 Å². The summed E-state index contributed by atoms with van der Waals surface area (Å²) < 4.78 is 32.5. The molecule has 1 fully saturated rings. The van der Waals surface area contributed by atoms with Crippen molar-refractivity contribution in [3.05, 3.63) is 36.6 Å². The Morgan fingerprint density at radius 2 is 2.21 bits per heavy atom. The van der Waals surface area contributed by atoms with Crippen LogP contribution in [0.4, 0.5) is 5.69 Å². The molecule has 9 nitrogen and oxygen atoms in total. The van der Waals surface area contributed by atoms with Crippen LogP contribution >= 0.6 is 11.8 Å². The van der Waals surface area contributed by atoms with Crippen molar-refractivity contribution < 1.29 is 26.4 Å². The van der Waals surface area contributed by atoms with Gasteiger partial charge >= 0.3 is 10.4 Å². The Hall–Kier alpha value is -2.55. The summed E-state index contributed by atoms with van der Waals surface area (Å²) in [7, 11) is -4.45. The fraction of sp³-hybridized carbons (Fsp3) is 0.353. The third kappa shape index (κ3) is 5.72. The molecule has 1 heterocycles. The first-order valence-electron chi connectivity index (χ1n) is 8.30. The predicted molar refractivity (Wildman–Crippen MR) is 103 cm³/mol. The van der Waals surface area contributed by atoms with Crippen molar-refractivity contribution in [3.8, 4) is 11.8 Å². The number of hydrogen-bond acceptors (Lipinski definition) is 9. The van der Waals surface area contributed by atoms with Gasteiger partial charge in [0.1, 0.15) is 12.0 Å². The highest BCUT2D eigenvalue weighted by molar-refractivity contribution is 8.01. The molecule has 0 spiro atoms. The molecule has 28 heavy (non-hydrogen) atoms. The zero-order chi connectivity index (χ0) is 20.7. The second kappa shape index (κ2) is 9.59. The van der Waals surface area contributed by atoms with Crippen LogP contribution in [-0.4, -0.2) is 37.4 Å². The van der Waals surface area contributed by atoms with Gasteiger partial charge < -0.3 is 13.7 Å². The molecular weight excluding hydrogens is 406 g/mol. The number of rotatable bonds is 9. The Morgan fingerprint density at radius 1 is 1.46 bits per heavy atom. The van der Waals surface area contributed by atoms with Gasteiger partial charge in [0.25, 0.3) is 0 Å². The number of nitriles is 1. The van der Waals surface area contributed by atoms with Gasteiger partial charge in [-0.3, -0.25) is 9.59 Å². The van der Waals surface area contributed by atoms with Gasteiger partial charge in [-0.15, -0.1) is 20.2 Å². The molecule has 1 aromatic carbocycles. The van der Waals surface area contributed by atoms with Crippen molar-refractivity contribution in [1.82, 2.24) is 5.32 Å². The largest absolute Gasteiger partial charge is 0.500 e.